The van der Waals surface area contributed by atoms with Gasteiger partial charge in [-0.15, -0.1) is 0 Å². The number of hydrogen-bond donors (Lipinski definition) is 0. The summed E-state index contributed by atoms with van der Waals surface area (Å²) < 4.78 is 11.9. The van der Waals surface area contributed by atoms with Crippen molar-refractivity contribution >= 4 is 0 Å². The van der Waals surface area contributed by atoms with E-state index < -0.39 is 0 Å². The molecule has 84 valence electrons. The van der Waals surface area contributed by atoms with E-state index in [1.165, 1.54) is 0 Å². The topological polar surface area (TPSA) is 18.5 Å². The number of hydrogen-bond acceptors (Lipinski definition) is 2. The van der Waals surface area contributed by atoms with Gasteiger partial charge in [0.05, 0.1) is 13.2 Å². The van der Waals surface area contributed by atoms with Crippen LogP contribution in [0.2, 0.25) is 0 Å². The second kappa shape index (κ2) is 4.63. The van der Waals surface area contributed by atoms with Gasteiger partial charge in [0, 0.05) is 18.3 Å². The van der Waals surface area contributed by atoms with Crippen molar-refractivity contribution in [2.45, 2.75) is 59.2 Å². The molecule has 0 aromatic carbocycles. The minimum Gasteiger partial charge on any atom is -0.349 e. The molecular formula is C12H24O2. The van der Waals surface area contributed by atoms with Crippen LogP contribution in [-0.4, -0.2) is 19.0 Å². The third-order valence-electron chi connectivity index (χ3n) is 2.71. The zero-order chi connectivity index (χ0) is 10.7. The Morgan fingerprint density at radius 2 is 1.36 bits per heavy atom. The van der Waals surface area contributed by atoms with Crippen molar-refractivity contribution in [1.29, 1.82) is 0 Å². The van der Waals surface area contributed by atoms with Crippen LogP contribution in [0.4, 0.5) is 0 Å². The van der Waals surface area contributed by atoms with E-state index in [-0.39, 0.29) is 11.2 Å². The maximum Gasteiger partial charge on any atom is 0.168 e. The predicted molar refractivity (Wildman–Crippen MR) is 58.2 cm³/mol. The first-order chi connectivity index (χ1) is 6.54. The van der Waals surface area contributed by atoms with E-state index in [9.17, 15) is 0 Å². The van der Waals surface area contributed by atoms with Crippen LogP contribution in [0.5, 0.6) is 0 Å². The average Bonchev–Trinajstić information content (AvgIpc) is 2.12. The maximum absolute atomic E-state index is 5.94. The van der Waals surface area contributed by atoms with Crippen LogP contribution < -0.4 is 0 Å². The van der Waals surface area contributed by atoms with Gasteiger partial charge in [-0.05, 0) is 0 Å². The van der Waals surface area contributed by atoms with Crippen LogP contribution in [0, 0.1) is 5.41 Å². The first-order valence-electron chi connectivity index (χ1n) is 5.81. The highest BCUT2D eigenvalue weighted by Crippen LogP contribution is 2.35. The van der Waals surface area contributed by atoms with Gasteiger partial charge in [-0.1, -0.05) is 40.5 Å². The van der Waals surface area contributed by atoms with Crippen molar-refractivity contribution in [2.75, 3.05) is 13.2 Å². The molecule has 1 saturated heterocycles. The SMILES string of the molecule is CCCC1(CCC)OCC(C)(C)CO1. The lowest BCUT2D eigenvalue weighted by Crippen LogP contribution is -2.47. The molecule has 0 unspecified atom stereocenters. The van der Waals surface area contributed by atoms with E-state index in [1.807, 2.05) is 0 Å². The summed E-state index contributed by atoms with van der Waals surface area (Å²) in [4.78, 5) is 0. The molecule has 2 heteroatoms. The maximum atomic E-state index is 5.94. The third-order valence-corrected chi connectivity index (χ3v) is 2.71. The Kier molecular flexibility index (Phi) is 3.96. The highest BCUT2D eigenvalue weighted by atomic mass is 16.7. The Morgan fingerprint density at radius 1 is 0.929 bits per heavy atom. The fourth-order valence-corrected chi connectivity index (χ4v) is 1.91. The van der Waals surface area contributed by atoms with E-state index >= 15 is 0 Å². The summed E-state index contributed by atoms with van der Waals surface area (Å²) in [6.45, 7) is 10.4. The zero-order valence-electron chi connectivity index (χ0n) is 10.1. The second-order valence-corrected chi connectivity index (χ2v) is 5.15. The molecule has 0 atom stereocenters. The molecule has 2 nitrogen and oxygen atoms in total. The molecule has 1 aliphatic heterocycles. The summed E-state index contributed by atoms with van der Waals surface area (Å²) in [6, 6.07) is 0. The molecule has 0 bridgehead atoms. The third kappa shape index (κ3) is 2.96. The molecule has 0 aromatic rings. The number of rotatable bonds is 4. The van der Waals surface area contributed by atoms with Gasteiger partial charge in [-0.25, -0.2) is 0 Å². The average molecular weight is 200 g/mol. The van der Waals surface area contributed by atoms with Crippen LogP contribution in [0.25, 0.3) is 0 Å². The molecule has 0 radical (unpaired) electrons. The first-order valence-corrected chi connectivity index (χ1v) is 5.81. The molecule has 1 heterocycles. The second-order valence-electron chi connectivity index (χ2n) is 5.15. The smallest absolute Gasteiger partial charge is 0.168 e. The Labute approximate surface area is 88.0 Å². The quantitative estimate of drug-likeness (QED) is 0.693. The summed E-state index contributed by atoms with van der Waals surface area (Å²) in [5.74, 6) is -0.265. The molecule has 1 rings (SSSR count). The Hall–Kier alpha value is -0.0800. The van der Waals surface area contributed by atoms with E-state index in [4.69, 9.17) is 9.47 Å². The van der Waals surface area contributed by atoms with Crippen LogP contribution in [0.15, 0.2) is 0 Å². The molecule has 14 heavy (non-hydrogen) atoms. The molecule has 0 amide bonds. The van der Waals surface area contributed by atoms with Gasteiger partial charge in [-0.2, -0.15) is 0 Å². The molecular weight excluding hydrogens is 176 g/mol. The van der Waals surface area contributed by atoms with E-state index in [2.05, 4.69) is 27.7 Å². The van der Waals surface area contributed by atoms with Gasteiger partial charge in [0.25, 0.3) is 0 Å². The fourth-order valence-electron chi connectivity index (χ4n) is 1.91. The normalized spacial score (nSPS) is 24.9. The largest absolute Gasteiger partial charge is 0.349 e. The van der Waals surface area contributed by atoms with Gasteiger partial charge in [-0.3, -0.25) is 0 Å². The fraction of sp³-hybridized carbons (Fsp3) is 1.00. The summed E-state index contributed by atoms with van der Waals surface area (Å²) in [5, 5.41) is 0. The summed E-state index contributed by atoms with van der Waals surface area (Å²) in [6.07, 6.45) is 4.30. The van der Waals surface area contributed by atoms with Gasteiger partial charge in [0.15, 0.2) is 5.79 Å². The van der Waals surface area contributed by atoms with Gasteiger partial charge in [0.1, 0.15) is 0 Å². The van der Waals surface area contributed by atoms with Crippen LogP contribution in [-0.2, 0) is 9.47 Å². The van der Waals surface area contributed by atoms with Crippen molar-refractivity contribution < 1.29 is 9.47 Å². The van der Waals surface area contributed by atoms with Gasteiger partial charge >= 0.3 is 0 Å². The zero-order valence-corrected chi connectivity index (χ0v) is 10.1. The Bertz CT molecular complexity index is 157. The first kappa shape index (κ1) is 12.0. The summed E-state index contributed by atoms with van der Waals surface area (Å²) >= 11 is 0. The monoisotopic (exact) mass is 200 g/mol. The van der Waals surface area contributed by atoms with Gasteiger partial charge in [0.2, 0.25) is 0 Å². The molecule has 0 saturated carbocycles. The highest BCUT2D eigenvalue weighted by Gasteiger charge is 2.38. The summed E-state index contributed by atoms with van der Waals surface area (Å²) in [7, 11) is 0. The van der Waals surface area contributed by atoms with Crippen molar-refractivity contribution in [3.63, 3.8) is 0 Å². The van der Waals surface area contributed by atoms with E-state index in [1.54, 1.807) is 0 Å². The van der Waals surface area contributed by atoms with Crippen LogP contribution in [0.1, 0.15) is 53.4 Å². The lowest BCUT2D eigenvalue weighted by molar-refractivity contribution is -0.304. The van der Waals surface area contributed by atoms with Crippen molar-refractivity contribution in [2.24, 2.45) is 5.41 Å². The Morgan fingerprint density at radius 3 is 1.71 bits per heavy atom. The van der Waals surface area contributed by atoms with Crippen molar-refractivity contribution in [1.82, 2.24) is 0 Å². The van der Waals surface area contributed by atoms with Crippen molar-refractivity contribution in [3.8, 4) is 0 Å². The lowest BCUT2D eigenvalue weighted by Gasteiger charge is -2.43. The molecule has 0 spiro atoms. The van der Waals surface area contributed by atoms with Crippen LogP contribution in [0.3, 0.4) is 0 Å². The molecule has 0 N–H and O–H groups in total. The van der Waals surface area contributed by atoms with E-state index in [0.29, 0.717) is 0 Å². The minimum absolute atomic E-state index is 0.185. The van der Waals surface area contributed by atoms with Gasteiger partial charge < -0.3 is 9.47 Å². The molecule has 0 aliphatic carbocycles. The lowest BCUT2D eigenvalue weighted by atomic mass is 9.93. The molecule has 1 fully saturated rings. The Balaban J connectivity index is 2.54. The highest BCUT2D eigenvalue weighted by molar-refractivity contribution is 4.79. The van der Waals surface area contributed by atoms with Crippen molar-refractivity contribution in [3.05, 3.63) is 0 Å². The molecule has 0 aromatic heterocycles. The minimum atomic E-state index is -0.265. The molecule has 1 aliphatic rings. The number of ether oxygens (including phenoxy) is 2. The predicted octanol–water partition coefficient (Wildman–Crippen LogP) is 3.36. The summed E-state index contributed by atoms with van der Waals surface area (Å²) in [5.41, 5.74) is 0.185. The standard InChI is InChI=1S/C12H24O2/c1-5-7-12(8-6-2)13-9-11(3,4)10-14-12/h5-10H2,1-4H3. The van der Waals surface area contributed by atoms with E-state index in [0.717, 1.165) is 38.9 Å². The van der Waals surface area contributed by atoms with Crippen LogP contribution >= 0.6 is 0 Å².